The summed E-state index contributed by atoms with van der Waals surface area (Å²) in [5.41, 5.74) is 8.72. The molecule has 0 spiro atoms. The fraction of sp³-hybridized carbons (Fsp3) is 0.389. The highest BCUT2D eigenvalue weighted by Gasteiger charge is 2.12. The molecule has 0 unspecified atom stereocenters. The molecule has 23 heavy (non-hydrogen) atoms. The van der Waals surface area contributed by atoms with Gasteiger partial charge in [-0.15, -0.1) is 0 Å². The maximum atomic E-state index is 11.9. The molecular formula is C18H26N4O. The van der Waals surface area contributed by atoms with Crippen LogP contribution in [0.15, 0.2) is 42.5 Å². The molecular weight excluding hydrogens is 288 g/mol. The van der Waals surface area contributed by atoms with E-state index in [2.05, 4.69) is 34.1 Å². The Hall–Kier alpha value is -2.11. The standard InChI is InChI=1S/C18H26N4O/c1-21(2)18(23)17-9-8-16(20-17)14-22(13-11-19)12-10-15-6-4-3-5-7-15/h3-9,20H,10-14,19H2,1-2H3. The first-order valence-corrected chi connectivity index (χ1v) is 7.96. The lowest BCUT2D eigenvalue weighted by atomic mass is 10.1. The summed E-state index contributed by atoms with van der Waals surface area (Å²) >= 11 is 0. The molecule has 1 heterocycles. The summed E-state index contributed by atoms with van der Waals surface area (Å²) in [5, 5.41) is 0. The van der Waals surface area contributed by atoms with Gasteiger partial charge in [-0.2, -0.15) is 0 Å². The molecule has 1 aromatic carbocycles. The van der Waals surface area contributed by atoms with Gasteiger partial charge in [0.15, 0.2) is 0 Å². The Kier molecular flexibility index (Phi) is 6.38. The van der Waals surface area contributed by atoms with Gasteiger partial charge >= 0.3 is 0 Å². The van der Waals surface area contributed by atoms with Gasteiger partial charge in [0.25, 0.3) is 5.91 Å². The summed E-state index contributed by atoms with van der Waals surface area (Å²) in [6, 6.07) is 14.3. The molecule has 5 nitrogen and oxygen atoms in total. The molecule has 0 fully saturated rings. The quantitative estimate of drug-likeness (QED) is 0.780. The number of rotatable bonds is 8. The summed E-state index contributed by atoms with van der Waals surface area (Å²) in [7, 11) is 3.51. The third-order valence-electron chi connectivity index (χ3n) is 3.78. The number of H-pyrrole nitrogens is 1. The third-order valence-corrected chi connectivity index (χ3v) is 3.78. The molecule has 1 amide bonds. The van der Waals surface area contributed by atoms with Crippen molar-refractivity contribution < 1.29 is 4.79 Å². The van der Waals surface area contributed by atoms with Gasteiger partial charge in [-0.3, -0.25) is 9.69 Å². The smallest absolute Gasteiger partial charge is 0.269 e. The van der Waals surface area contributed by atoms with Gasteiger partial charge in [-0.25, -0.2) is 0 Å². The topological polar surface area (TPSA) is 65.4 Å². The van der Waals surface area contributed by atoms with E-state index in [1.165, 1.54) is 5.56 Å². The van der Waals surface area contributed by atoms with Gasteiger partial charge in [-0.1, -0.05) is 30.3 Å². The van der Waals surface area contributed by atoms with Crippen molar-refractivity contribution in [3.05, 3.63) is 59.4 Å². The van der Waals surface area contributed by atoms with Crippen LogP contribution in [-0.4, -0.2) is 54.4 Å². The molecule has 0 aliphatic carbocycles. The number of benzene rings is 1. The number of amides is 1. The Bertz CT molecular complexity index is 606. The summed E-state index contributed by atoms with van der Waals surface area (Å²) < 4.78 is 0. The third kappa shape index (κ3) is 5.23. The summed E-state index contributed by atoms with van der Waals surface area (Å²) in [4.78, 5) is 19.0. The van der Waals surface area contributed by atoms with Crippen LogP contribution in [0.5, 0.6) is 0 Å². The molecule has 0 saturated carbocycles. The van der Waals surface area contributed by atoms with Crippen molar-refractivity contribution in [2.75, 3.05) is 33.7 Å². The predicted molar refractivity (Wildman–Crippen MR) is 93.3 cm³/mol. The minimum Gasteiger partial charge on any atom is -0.353 e. The Morgan fingerprint density at radius 3 is 2.48 bits per heavy atom. The second kappa shape index (κ2) is 8.50. The van der Waals surface area contributed by atoms with Crippen LogP contribution in [0.2, 0.25) is 0 Å². The number of nitrogens with zero attached hydrogens (tertiary/aromatic N) is 2. The van der Waals surface area contributed by atoms with E-state index in [1.807, 2.05) is 18.2 Å². The SMILES string of the molecule is CN(C)C(=O)c1ccc(CN(CCN)CCc2ccccc2)[nH]1. The van der Waals surface area contributed by atoms with Gasteiger partial charge in [0.05, 0.1) is 0 Å². The van der Waals surface area contributed by atoms with Crippen molar-refractivity contribution in [3.8, 4) is 0 Å². The van der Waals surface area contributed by atoms with Crippen LogP contribution in [0.4, 0.5) is 0 Å². The van der Waals surface area contributed by atoms with Crippen LogP contribution in [0.3, 0.4) is 0 Å². The number of hydrogen-bond acceptors (Lipinski definition) is 3. The molecule has 124 valence electrons. The summed E-state index contributed by atoms with van der Waals surface area (Å²) in [6.45, 7) is 3.17. The molecule has 2 aromatic rings. The second-order valence-corrected chi connectivity index (χ2v) is 5.90. The number of carbonyl (C=O) groups excluding carboxylic acids is 1. The maximum absolute atomic E-state index is 11.9. The number of nitrogens with two attached hydrogens (primary N) is 1. The average molecular weight is 314 g/mol. The first-order chi connectivity index (χ1) is 11.1. The number of aromatic amines is 1. The Morgan fingerprint density at radius 2 is 1.83 bits per heavy atom. The summed E-state index contributed by atoms with van der Waals surface area (Å²) in [6.07, 6.45) is 0.991. The fourth-order valence-corrected chi connectivity index (χ4v) is 2.52. The minimum atomic E-state index is -0.00842. The monoisotopic (exact) mass is 314 g/mol. The van der Waals surface area contributed by atoms with E-state index in [0.717, 1.165) is 31.7 Å². The van der Waals surface area contributed by atoms with Crippen molar-refractivity contribution in [2.45, 2.75) is 13.0 Å². The highest BCUT2D eigenvalue weighted by molar-refractivity contribution is 5.92. The van der Waals surface area contributed by atoms with Crippen molar-refractivity contribution in [2.24, 2.45) is 5.73 Å². The number of carbonyl (C=O) groups is 1. The van der Waals surface area contributed by atoms with Crippen LogP contribution in [-0.2, 0) is 13.0 Å². The molecule has 0 radical (unpaired) electrons. The Labute approximate surface area is 138 Å². The molecule has 0 aliphatic rings. The van der Waals surface area contributed by atoms with Gasteiger partial charge in [0.1, 0.15) is 5.69 Å². The van der Waals surface area contributed by atoms with E-state index in [9.17, 15) is 4.79 Å². The van der Waals surface area contributed by atoms with Crippen LogP contribution in [0, 0.1) is 0 Å². The van der Waals surface area contributed by atoms with E-state index in [-0.39, 0.29) is 5.91 Å². The van der Waals surface area contributed by atoms with Crippen molar-refractivity contribution in [1.29, 1.82) is 0 Å². The van der Waals surface area contributed by atoms with Crippen LogP contribution < -0.4 is 5.73 Å². The molecule has 0 atom stereocenters. The number of hydrogen-bond donors (Lipinski definition) is 2. The zero-order valence-electron chi connectivity index (χ0n) is 14.0. The highest BCUT2D eigenvalue weighted by Crippen LogP contribution is 2.09. The van der Waals surface area contributed by atoms with Gasteiger partial charge < -0.3 is 15.6 Å². The lowest BCUT2D eigenvalue weighted by Gasteiger charge is -2.21. The predicted octanol–water partition coefficient (Wildman–Crippen LogP) is 1.72. The molecule has 0 bridgehead atoms. The maximum Gasteiger partial charge on any atom is 0.269 e. The number of nitrogens with one attached hydrogen (secondary N) is 1. The zero-order valence-corrected chi connectivity index (χ0v) is 14.0. The largest absolute Gasteiger partial charge is 0.353 e. The van der Waals surface area contributed by atoms with Crippen molar-refractivity contribution in [1.82, 2.24) is 14.8 Å². The molecule has 2 rings (SSSR count). The second-order valence-electron chi connectivity index (χ2n) is 5.90. The van der Waals surface area contributed by atoms with Crippen LogP contribution in [0.25, 0.3) is 0 Å². The highest BCUT2D eigenvalue weighted by atomic mass is 16.2. The molecule has 0 aliphatic heterocycles. The fourth-order valence-electron chi connectivity index (χ4n) is 2.52. The van der Waals surface area contributed by atoms with Gasteiger partial charge in [-0.05, 0) is 24.1 Å². The lowest BCUT2D eigenvalue weighted by Crippen LogP contribution is -2.31. The first kappa shape index (κ1) is 17.2. The molecule has 0 saturated heterocycles. The van der Waals surface area contributed by atoms with E-state index < -0.39 is 0 Å². The van der Waals surface area contributed by atoms with E-state index in [0.29, 0.717) is 12.2 Å². The van der Waals surface area contributed by atoms with E-state index in [1.54, 1.807) is 19.0 Å². The van der Waals surface area contributed by atoms with Gasteiger partial charge in [0.2, 0.25) is 0 Å². The molecule has 1 aromatic heterocycles. The van der Waals surface area contributed by atoms with Crippen molar-refractivity contribution in [3.63, 3.8) is 0 Å². The van der Waals surface area contributed by atoms with Gasteiger partial charge in [0, 0.05) is 46.0 Å². The van der Waals surface area contributed by atoms with E-state index in [4.69, 9.17) is 5.73 Å². The lowest BCUT2D eigenvalue weighted by molar-refractivity contribution is 0.0822. The average Bonchev–Trinajstić information content (AvgIpc) is 3.01. The van der Waals surface area contributed by atoms with Crippen molar-refractivity contribution >= 4 is 5.91 Å². The zero-order chi connectivity index (χ0) is 16.7. The van der Waals surface area contributed by atoms with Crippen LogP contribution >= 0.6 is 0 Å². The van der Waals surface area contributed by atoms with E-state index >= 15 is 0 Å². The Morgan fingerprint density at radius 1 is 1.09 bits per heavy atom. The molecule has 3 N–H and O–H groups in total. The normalized spacial score (nSPS) is 11.0. The minimum absolute atomic E-state index is 0.00842. The van der Waals surface area contributed by atoms with Crippen LogP contribution in [0.1, 0.15) is 21.7 Å². The molecule has 5 heteroatoms. The Balaban J connectivity index is 1.95. The summed E-state index contributed by atoms with van der Waals surface area (Å²) in [5.74, 6) is -0.00842. The number of aromatic nitrogens is 1. The first-order valence-electron chi connectivity index (χ1n) is 7.96.